The monoisotopic (exact) mass is 191 g/mol. The van der Waals surface area contributed by atoms with Gasteiger partial charge in [-0.15, -0.1) is 0 Å². The number of rotatable bonds is 1. The van der Waals surface area contributed by atoms with Gasteiger partial charge in [-0.3, -0.25) is 4.68 Å². The lowest BCUT2D eigenvalue weighted by molar-refractivity contribution is 0.184. The lowest BCUT2D eigenvalue weighted by atomic mass is 10.3. The number of aromatic nitrogens is 2. The number of ether oxygens (including phenoxy) is 1. The first-order valence-corrected chi connectivity index (χ1v) is 4.71. The topological polar surface area (TPSA) is 53.1 Å². The summed E-state index contributed by atoms with van der Waals surface area (Å²) in [7, 11) is 0. The van der Waals surface area contributed by atoms with Crippen molar-refractivity contribution in [3.63, 3.8) is 0 Å². The van der Waals surface area contributed by atoms with Gasteiger partial charge in [-0.25, -0.2) is 0 Å². The van der Waals surface area contributed by atoms with Crippen molar-refractivity contribution in [2.75, 3.05) is 19.8 Å². The Labute approximate surface area is 83.0 Å². The maximum atomic E-state index is 5.29. The normalized spacial score (nSPS) is 20.5. The molecular formula is C10H13N3O. The predicted molar refractivity (Wildman–Crippen MR) is 52.6 cm³/mol. The average molecular weight is 191 g/mol. The fourth-order valence-corrected chi connectivity index (χ4v) is 1.49. The molecule has 0 unspecified atom stereocenters. The molecule has 0 spiro atoms. The van der Waals surface area contributed by atoms with E-state index in [0.29, 0.717) is 12.6 Å². The van der Waals surface area contributed by atoms with Crippen LogP contribution in [0, 0.1) is 11.8 Å². The molecule has 1 fully saturated rings. The van der Waals surface area contributed by atoms with E-state index < -0.39 is 0 Å². The zero-order chi connectivity index (χ0) is 9.80. The summed E-state index contributed by atoms with van der Waals surface area (Å²) in [4.78, 5) is 0. The highest BCUT2D eigenvalue weighted by Gasteiger charge is 2.17. The van der Waals surface area contributed by atoms with Crippen molar-refractivity contribution in [3.05, 3.63) is 18.0 Å². The van der Waals surface area contributed by atoms with Crippen LogP contribution in [0.3, 0.4) is 0 Å². The lowest BCUT2D eigenvalue weighted by Gasteiger charge is -2.06. The molecule has 4 nitrogen and oxygen atoms in total. The van der Waals surface area contributed by atoms with Gasteiger partial charge in [0.15, 0.2) is 0 Å². The van der Waals surface area contributed by atoms with Crippen LogP contribution in [-0.4, -0.2) is 29.5 Å². The third-order valence-electron chi connectivity index (χ3n) is 2.22. The van der Waals surface area contributed by atoms with E-state index in [2.05, 4.69) is 16.9 Å². The van der Waals surface area contributed by atoms with Gasteiger partial charge in [0.1, 0.15) is 0 Å². The molecule has 2 N–H and O–H groups in total. The molecule has 0 aliphatic carbocycles. The predicted octanol–water partition coefficient (Wildman–Crippen LogP) is 0.155. The number of nitrogens with two attached hydrogens (primary N) is 1. The molecule has 1 saturated heterocycles. The van der Waals surface area contributed by atoms with Gasteiger partial charge in [-0.1, -0.05) is 11.8 Å². The quantitative estimate of drug-likeness (QED) is 0.643. The van der Waals surface area contributed by atoms with E-state index in [9.17, 15) is 0 Å². The largest absolute Gasteiger partial charge is 0.379 e. The van der Waals surface area contributed by atoms with Crippen LogP contribution in [0.25, 0.3) is 0 Å². The Hall–Kier alpha value is -1.31. The van der Waals surface area contributed by atoms with Crippen molar-refractivity contribution >= 4 is 0 Å². The summed E-state index contributed by atoms with van der Waals surface area (Å²) in [6, 6.07) is 0.378. The molecule has 1 aromatic rings. The van der Waals surface area contributed by atoms with Crippen molar-refractivity contribution in [2.45, 2.75) is 12.5 Å². The first kappa shape index (κ1) is 9.25. The smallest absolute Gasteiger partial charge is 0.0775 e. The van der Waals surface area contributed by atoms with Crippen molar-refractivity contribution < 1.29 is 4.74 Å². The van der Waals surface area contributed by atoms with Crippen molar-refractivity contribution in [3.8, 4) is 11.8 Å². The molecule has 1 aromatic heterocycles. The SMILES string of the molecule is NCC#Cc1cnn([C@H]2CCOC2)c1. The fraction of sp³-hybridized carbons (Fsp3) is 0.500. The highest BCUT2D eigenvalue weighted by molar-refractivity contribution is 5.30. The number of hydrogen-bond acceptors (Lipinski definition) is 3. The maximum absolute atomic E-state index is 5.29. The molecule has 0 saturated carbocycles. The van der Waals surface area contributed by atoms with Gasteiger partial charge in [0.2, 0.25) is 0 Å². The standard InChI is InChI=1S/C10H13N3O/c11-4-1-2-9-6-12-13(7-9)10-3-5-14-8-10/h6-7,10H,3-5,8,11H2/t10-/m0/s1. The van der Waals surface area contributed by atoms with E-state index in [-0.39, 0.29) is 0 Å². The molecule has 2 heterocycles. The minimum absolute atomic E-state index is 0.378. The van der Waals surface area contributed by atoms with Crippen LogP contribution in [-0.2, 0) is 4.74 Å². The van der Waals surface area contributed by atoms with Crippen LogP contribution in [0.1, 0.15) is 18.0 Å². The van der Waals surface area contributed by atoms with Crippen LogP contribution >= 0.6 is 0 Å². The molecule has 14 heavy (non-hydrogen) atoms. The van der Waals surface area contributed by atoms with Gasteiger partial charge in [0.25, 0.3) is 0 Å². The van der Waals surface area contributed by atoms with Crippen LogP contribution < -0.4 is 5.73 Å². The first-order chi connectivity index (χ1) is 6.90. The maximum Gasteiger partial charge on any atom is 0.0775 e. The summed E-state index contributed by atoms with van der Waals surface area (Å²) in [6.45, 7) is 1.97. The molecule has 2 rings (SSSR count). The summed E-state index contributed by atoms with van der Waals surface area (Å²) in [5.74, 6) is 5.75. The van der Waals surface area contributed by atoms with E-state index >= 15 is 0 Å². The minimum Gasteiger partial charge on any atom is -0.379 e. The van der Waals surface area contributed by atoms with Crippen LogP contribution in [0.2, 0.25) is 0 Å². The number of nitrogens with zero attached hydrogens (tertiary/aromatic N) is 2. The lowest BCUT2D eigenvalue weighted by Crippen LogP contribution is -2.08. The molecule has 0 radical (unpaired) electrons. The van der Waals surface area contributed by atoms with Gasteiger partial charge in [-0.05, 0) is 6.42 Å². The molecule has 0 amide bonds. The van der Waals surface area contributed by atoms with Crippen molar-refractivity contribution in [1.29, 1.82) is 0 Å². The summed E-state index contributed by atoms with van der Waals surface area (Å²) in [6.07, 6.45) is 4.74. The molecule has 1 atom stereocenters. The second-order valence-corrected chi connectivity index (χ2v) is 3.23. The second kappa shape index (κ2) is 4.27. The Morgan fingerprint density at radius 1 is 1.71 bits per heavy atom. The summed E-state index contributed by atoms with van der Waals surface area (Å²) < 4.78 is 7.21. The Kier molecular flexibility index (Phi) is 2.82. The first-order valence-electron chi connectivity index (χ1n) is 4.71. The fourth-order valence-electron chi connectivity index (χ4n) is 1.49. The highest BCUT2D eigenvalue weighted by Crippen LogP contribution is 2.17. The molecular weight excluding hydrogens is 178 g/mol. The zero-order valence-corrected chi connectivity index (χ0v) is 7.94. The van der Waals surface area contributed by atoms with Crippen LogP contribution in [0.5, 0.6) is 0 Å². The van der Waals surface area contributed by atoms with Crippen LogP contribution in [0.15, 0.2) is 12.4 Å². The molecule has 1 aliphatic heterocycles. The third kappa shape index (κ3) is 1.95. The Bertz CT molecular complexity index is 355. The van der Waals surface area contributed by atoms with E-state index in [1.807, 2.05) is 10.9 Å². The van der Waals surface area contributed by atoms with Gasteiger partial charge in [-0.2, -0.15) is 5.10 Å². The van der Waals surface area contributed by atoms with Crippen molar-refractivity contribution in [2.24, 2.45) is 5.73 Å². The average Bonchev–Trinajstić information content (AvgIpc) is 2.85. The van der Waals surface area contributed by atoms with Crippen molar-refractivity contribution in [1.82, 2.24) is 9.78 Å². The Morgan fingerprint density at radius 3 is 3.36 bits per heavy atom. The van der Waals surface area contributed by atoms with Gasteiger partial charge in [0.05, 0.1) is 31.0 Å². The van der Waals surface area contributed by atoms with Crippen LogP contribution in [0.4, 0.5) is 0 Å². The van der Waals surface area contributed by atoms with Gasteiger partial charge in [0, 0.05) is 12.8 Å². The summed E-state index contributed by atoms with van der Waals surface area (Å²) >= 11 is 0. The molecule has 1 aliphatic rings. The molecule has 0 bridgehead atoms. The zero-order valence-electron chi connectivity index (χ0n) is 7.94. The van der Waals surface area contributed by atoms with E-state index in [0.717, 1.165) is 25.2 Å². The van der Waals surface area contributed by atoms with Gasteiger partial charge < -0.3 is 10.5 Å². The molecule has 0 aromatic carbocycles. The van der Waals surface area contributed by atoms with E-state index in [4.69, 9.17) is 10.5 Å². The van der Waals surface area contributed by atoms with E-state index in [1.54, 1.807) is 6.20 Å². The van der Waals surface area contributed by atoms with E-state index in [1.165, 1.54) is 0 Å². The number of hydrogen-bond donors (Lipinski definition) is 1. The second-order valence-electron chi connectivity index (χ2n) is 3.23. The minimum atomic E-state index is 0.378. The highest BCUT2D eigenvalue weighted by atomic mass is 16.5. The molecule has 4 heteroatoms. The third-order valence-corrected chi connectivity index (χ3v) is 2.22. The molecule has 74 valence electrons. The van der Waals surface area contributed by atoms with Gasteiger partial charge >= 0.3 is 0 Å². The Morgan fingerprint density at radius 2 is 2.64 bits per heavy atom. The summed E-state index contributed by atoms with van der Waals surface area (Å²) in [5, 5.41) is 4.24. The summed E-state index contributed by atoms with van der Waals surface area (Å²) in [5.41, 5.74) is 6.20. The Balaban J connectivity index is 2.08.